The molecule has 0 atom stereocenters. The number of hydrogen-bond donors (Lipinski definition) is 0. The molecule has 0 heterocycles. The van der Waals surface area contributed by atoms with Crippen molar-refractivity contribution in [1.29, 1.82) is 0 Å². The maximum atomic E-state index is 11.0. The highest BCUT2D eigenvalue weighted by Gasteiger charge is 2.13. The lowest BCUT2D eigenvalue weighted by molar-refractivity contribution is 0.322. The Morgan fingerprint density at radius 3 is 2.32 bits per heavy atom. The molecule has 104 valence electrons. The van der Waals surface area contributed by atoms with E-state index < -0.39 is 10.3 Å². The zero-order valence-corrected chi connectivity index (χ0v) is 12.0. The highest BCUT2D eigenvalue weighted by molar-refractivity contribution is 7.85. The average molecular weight is 283 g/mol. The van der Waals surface area contributed by atoms with E-state index in [1.54, 1.807) is 0 Å². The zero-order chi connectivity index (χ0) is 14.5. The summed E-state index contributed by atoms with van der Waals surface area (Å²) in [5.41, 5.74) is 10.3. The van der Waals surface area contributed by atoms with Crippen LogP contribution in [0.2, 0.25) is 0 Å². The van der Waals surface area contributed by atoms with E-state index in [2.05, 4.69) is 34.4 Å². The number of rotatable bonds is 5. The molecule has 0 saturated heterocycles. The van der Waals surface area contributed by atoms with Crippen LogP contribution in [0.15, 0.2) is 28.8 Å². The van der Waals surface area contributed by atoms with E-state index in [0.717, 1.165) is 5.56 Å². The van der Waals surface area contributed by atoms with Crippen LogP contribution in [0.25, 0.3) is 10.4 Å². The molecule has 0 N–H and O–H groups in total. The second kappa shape index (κ2) is 6.06. The summed E-state index contributed by atoms with van der Waals surface area (Å²) in [7, 11) is -4.12. The van der Waals surface area contributed by atoms with Gasteiger partial charge in [-0.3, -0.25) is 4.18 Å². The second-order valence-electron chi connectivity index (χ2n) is 5.12. The average Bonchev–Trinajstić information content (AvgIpc) is 2.28. The highest BCUT2D eigenvalue weighted by atomic mass is 32.2. The summed E-state index contributed by atoms with van der Waals surface area (Å²) in [6, 6.07) is 7.89. The Kier molecular flexibility index (Phi) is 4.94. The predicted octanol–water partition coefficient (Wildman–Crippen LogP) is 3.10. The van der Waals surface area contributed by atoms with Crippen LogP contribution in [-0.4, -0.2) is 15.0 Å². The van der Waals surface area contributed by atoms with Gasteiger partial charge in [0.2, 0.25) is 0 Å². The third-order valence-corrected chi connectivity index (χ3v) is 3.32. The third kappa shape index (κ3) is 5.30. The van der Waals surface area contributed by atoms with Gasteiger partial charge in [-0.25, -0.2) is 0 Å². The molecule has 0 aromatic heterocycles. The molecule has 6 nitrogen and oxygen atoms in total. The molecular formula is C12H17N3O3S. The summed E-state index contributed by atoms with van der Waals surface area (Å²) in [4.78, 5) is 2.18. The molecule has 0 radical (unpaired) electrons. The molecule has 1 aromatic rings. The summed E-state index contributed by atoms with van der Waals surface area (Å²) in [5, 5.41) is 0. The topological polar surface area (TPSA) is 92.1 Å². The zero-order valence-electron chi connectivity index (χ0n) is 11.2. The van der Waals surface area contributed by atoms with Gasteiger partial charge in [0.1, 0.15) is 0 Å². The first-order valence-corrected chi connectivity index (χ1v) is 7.16. The predicted molar refractivity (Wildman–Crippen MR) is 72.9 cm³/mol. The van der Waals surface area contributed by atoms with Crippen LogP contribution in [-0.2, 0) is 26.3 Å². The standard InChI is InChI=1S/C12H17N3O3S/c1-12(2,3)11-6-4-10(5-7-11)8-9-18-19(16,17)15-14-13/h4-7H,8-9H2,1-3H3. The van der Waals surface area contributed by atoms with Crippen LogP contribution in [0.4, 0.5) is 0 Å². The number of benzene rings is 1. The molecule has 0 saturated carbocycles. The molecule has 0 aliphatic carbocycles. The lowest BCUT2D eigenvalue weighted by Crippen LogP contribution is -2.11. The minimum atomic E-state index is -4.12. The van der Waals surface area contributed by atoms with Gasteiger partial charge >= 0.3 is 10.3 Å². The van der Waals surface area contributed by atoms with Crippen molar-refractivity contribution < 1.29 is 12.6 Å². The quantitative estimate of drug-likeness (QED) is 0.472. The highest BCUT2D eigenvalue weighted by Crippen LogP contribution is 2.22. The first-order chi connectivity index (χ1) is 8.74. The van der Waals surface area contributed by atoms with Crippen LogP contribution < -0.4 is 0 Å². The molecule has 0 fully saturated rings. The van der Waals surface area contributed by atoms with Crippen LogP contribution in [0.5, 0.6) is 0 Å². The Hall–Kier alpha value is -1.56. The van der Waals surface area contributed by atoms with Crippen molar-refractivity contribution in [2.45, 2.75) is 32.6 Å². The largest absolute Gasteiger partial charge is 0.358 e. The van der Waals surface area contributed by atoms with Gasteiger partial charge in [-0.15, -0.1) is 0 Å². The maximum Gasteiger partial charge on any atom is 0.358 e. The summed E-state index contributed by atoms with van der Waals surface area (Å²) in [6.45, 7) is 6.32. The number of hydrogen-bond acceptors (Lipinski definition) is 3. The van der Waals surface area contributed by atoms with Gasteiger partial charge in [0, 0.05) is 4.91 Å². The minimum Gasteiger partial charge on any atom is -0.264 e. The van der Waals surface area contributed by atoms with Gasteiger partial charge in [0.15, 0.2) is 0 Å². The Bertz CT molecular complexity index is 567. The Labute approximate surface area is 113 Å². The molecule has 7 heteroatoms. The SMILES string of the molecule is CC(C)(C)c1ccc(CCOS(=O)(=O)N=[N+]=[N-])cc1. The van der Waals surface area contributed by atoms with Gasteiger partial charge in [-0.1, -0.05) is 45.0 Å². The second-order valence-corrected chi connectivity index (χ2v) is 6.37. The summed E-state index contributed by atoms with van der Waals surface area (Å²) >= 11 is 0. The van der Waals surface area contributed by atoms with Crippen molar-refractivity contribution in [3.8, 4) is 0 Å². The first-order valence-electron chi connectivity index (χ1n) is 5.80. The number of azide groups is 1. The molecule has 1 aromatic carbocycles. The molecular weight excluding hydrogens is 266 g/mol. The summed E-state index contributed by atoms with van der Waals surface area (Å²) in [5.74, 6) is 0. The Morgan fingerprint density at radius 1 is 1.26 bits per heavy atom. The van der Waals surface area contributed by atoms with Gasteiger partial charge in [-0.05, 0) is 28.5 Å². The molecule has 1 rings (SSSR count). The van der Waals surface area contributed by atoms with Gasteiger partial charge in [-0.2, -0.15) is 8.42 Å². The molecule has 0 bridgehead atoms. The maximum absolute atomic E-state index is 11.0. The lowest BCUT2D eigenvalue weighted by Gasteiger charge is -2.19. The molecule has 0 spiro atoms. The van der Waals surface area contributed by atoms with Crippen molar-refractivity contribution >= 4 is 10.3 Å². The van der Waals surface area contributed by atoms with Gasteiger partial charge < -0.3 is 0 Å². The van der Waals surface area contributed by atoms with Crippen molar-refractivity contribution in [3.63, 3.8) is 0 Å². The van der Waals surface area contributed by atoms with Crippen LogP contribution in [0.3, 0.4) is 0 Å². The van der Waals surface area contributed by atoms with Crippen molar-refractivity contribution in [3.05, 3.63) is 45.8 Å². The molecule has 0 amide bonds. The normalized spacial score (nSPS) is 11.9. The fourth-order valence-electron chi connectivity index (χ4n) is 1.50. The fraction of sp³-hybridized carbons (Fsp3) is 0.500. The van der Waals surface area contributed by atoms with E-state index in [4.69, 9.17) is 5.53 Å². The van der Waals surface area contributed by atoms with E-state index in [1.165, 1.54) is 5.56 Å². The molecule has 0 unspecified atom stereocenters. The van der Waals surface area contributed by atoms with E-state index in [1.807, 2.05) is 24.3 Å². The summed E-state index contributed by atoms with van der Waals surface area (Å²) < 4.78 is 29.0. The van der Waals surface area contributed by atoms with Crippen molar-refractivity contribution in [2.75, 3.05) is 6.61 Å². The van der Waals surface area contributed by atoms with Crippen molar-refractivity contribution in [2.24, 2.45) is 4.52 Å². The van der Waals surface area contributed by atoms with E-state index in [0.29, 0.717) is 6.42 Å². The smallest absolute Gasteiger partial charge is 0.264 e. The Morgan fingerprint density at radius 2 is 1.84 bits per heavy atom. The van der Waals surface area contributed by atoms with Crippen LogP contribution in [0.1, 0.15) is 31.9 Å². The monoisotopic (exact) mass is 283 g/mol. The fourth-order valence-corrected chi connectivity index (χ4v) is 1.94. The number of nitrogens with zero attached hydrogens (tertiary/aromatic N) is 3. The first kappa shape index (κ1) is 15.5. The lowest BCUT2D eigenvalue weighted by atomic mass is 9.86. The van der Waals surface area contributed by atoms with E-state index in [-0.39, 0.29) is 12.0 Å². The van der Waals surface area contributed by atoms with E-state index >= 15 is 0 Å². The van der Waals surface area contributed by atoms with Gasteiger partial charge in [0.25, 0.3) is 0 Å². The molecule has 0 aliphatic heterocycles. The van der Waals surface area contributed by atoms with E-state index in [9.17, 15) is 8.42 Å². The van der Waals surface area contributed by atoms with Crippen molar-refractivity contribution in [1.82, 2.24) is 0 Å². The molecule has 19 heavy (non-hydrogen) atoms. The van der Waals surface area contributed by atoms with Crippen LogP contribution >= 0.6 is 0 Å². The van der Waals surface area contributed by atoms with Crippen LogP contribution in [0, 0.1) is 0 Å². The van der Waals surface area contributed by atoms with Gasteiger partial charge in [0.05, 0.1) is 11.1 Å². The molecule has 0 aliphatic rings. The minimum absolute atomic E-state index is 0.0454. The summed E-state index contributed by atoms with van der Waals surface area (Å²) in [6.07, 6.45) is 0.435. The Balaban J connectivity index is 2.58. The third-order valence-electron chi connectivity index (χ3n) is 2.58.